The minimum absolute atomic E-state index is 0.0260. The van der Waals surface area contributed by atoms with Crippen molar-refractivity contribution in [3.8, 4) is 5.75 Å². The van der Waals surface area contributed by atoms with Crippen LogP contribution >= 0.6 is 0 Å². The summed E-state index contributed by atoms with van der Waals surface area (Å²) >= 11 is 0. The number of carbonyl (C=O) groups excluding carboxylic acids is 2. The van der Waals surface area contributed by atoms with Crippen molar-refractivity contribution >= 4 is 11.8 Å². The van der Waals surface area contributed by atoms with Crippen LogP contribution in [-0.2, 0) is 9.53 Å². The maximum absolute atomic E-state index is 12.4. The number of hydrogen-bond acceptors (Lipinski definition) is 4. The Morgan fingerprint density at radius 1 is 1.04 bits per heavy atom. The number of aromatic nitrogens is 1. The summed E-state index contributed by atoms with van der Waals surface area (Å²) in [6.45, 7) is 8.88. The molecule has 0 saturated carbocycles. The maximum atomic E-state index is 12.4. The van der Waals surface area contributed by atoms with Gasteiger partial charge in [-0.25, -0.2) is 0 Å². The van der Waals surface area contributed by atoms with Gasteiger partial charge < -0.3 is 14.4 Å². The van der Waals surface area contributed by atoms with Crippen LogP contribution in [0.1, 0.15) is 35.6 Å². The topological polar surface area (TPSA) is 72.8 Å². The zero-order chi connectivity index (χ0) is 20.3. The summed E-state index contributed by atoms with van der Waals surface area (Å²) < 4.78 is 13.0. The number of hydrogen-bond donors (Lipinski definition) is 1. The Balaban J connectivity index is 1.54. The molecule has 0 unspecified atom stereocenters. The second-order valence-corrected chi connectivity index (χ2v) is 7.26. The highest BCUT2D eigenvalue weighted by Gasteiger charge is 2.26. The first-order valence-electron chi connectivity index (χ1n) is 9.46. The molecule has 1 aromatic heterocycles. The Labute approximate surface area is 165 Å². The Hall–Kier alpha value is -2.80. The number of nitrogens with zero attached hydrogens (tertiary/aromatic N) is 2. The molecule has 28 heavy (non-hydrogen) atoms. The lowest BCUT2D eigenvalue weighted by molar-refractivity contribution is -0.145. The van der Waals surface area contributed by atoms with Crippen LogP contribution in [0.5, 0.6) is 5.75 Å². The molecule has 1 aromatic carbocycles. The molecule has 2 heterocycles. The number of carbonyl (C=O) groups is 2. The molecule has 2 aromatic rings. The Kier molecular flexibility index (Phi) is 6.04. The molecule has 0 spiro atoms. The summed E-state index contributed by atoms with van der Waals surface area (Å²) in [7, 11) is 0. The smallest absolute Gasteiger partial charge is 0.270 e. The van der Waals surface area contributed by atoms with Crippen LogP contribution in [0, 0.1) is 13.8 Å². The molecule has 1 aliphatic heterocycles. The quantitative estimate of drug-likeness (QED) is 0.858. The van der Waals surface area contributed by atoms with Crippen molar-refractivity contribution in [3.63, 3.8) is 0 Å². The van der Waals surface area contributed by atoms with Crippen molar-refractivity contribution in [1.82, 2.24) is 9.58 Å². The third-order valence-electron chi connectivity index (χ3n) is 4.74. The summed E-state index contributed by atoms with van der Waals surface area (Å²) in [6, 6.07) is 10.6. The second kappa shape index (κ2) is 8.48. The maximum Gasteiger partial charge on any atom is 0.270 e. The van der Waals surface area contributed by atoms with Crippen molar-refractivity contribution < 1.29 is 19.1 Å². The van der Waals surface area contributed by atoms with Gasteiger partial charge in [-0.15, -0.1) is 0 Å². The molecule has 1 fully saturated rings. The van der Waals surface area contributed by atoms with Gasteiger partial charge in [0.1, 0.15) is 5.75 Å². The van der Waals surface area contributed by atoms with Gasteiger partial charge in [-0.3, -0.25) is 19.7 Å². The predicted molar refractivity (Wildman–Crippen MR) is 106 cm³/mol. The van der Waals surface area contributed by atoms with Gasteiger partial charge in [0.25, 0.3) is 11.8 Å². The normalized spacial score (nSPS) is 19.4. The van der Waals surface area contributed by atoms with E-state index in [0.717, 1.165) is 11.4 Å². The van der Waals surface area contributed by atoms with Crippen LogP contribution in [0.2, 0.25) is 0 Å². The Morgan fingerprint density at radius 3 is 2.18 bits per heavy atom. The average Bonchev–Trinajstić information content (AvgIpc) is 2.97. The van der Waals surface area contributed by atoms with Crippen molar-refractivity contribution in [1.29, 1.82) is 0 Å². The third-order valence-corrected chi connectivity index (χ3v) is 4.74. The number of morpholine rings is 1. The number of rotatable bonds is 5. The van der Waals surface area contributed by atoms with Gasteiger partial charge in [0.15, 0.2) is 6.61 Å². The number of benzene rings is 1. The van der Waals surface area contributed by atoms with E-state index in [4.69, 9.17) is 9.47 Å². The summed E-state index contributed by atoms with van der Waals surface area (Å²) in [5.74, 6) is 0.274. The molecule has 0 bridgehead atoms. The molecule has 150 valence electrons. The summed E-state index contributed by atoms with van der Waals surface area (Å²) in [5, 5.41) is 0. The van der Waals surface area contributed by atoms with Gasteiger partial charge in [0.2, 0.25) is 0 Å². The number of amides is 2. The van der Waals surface area contributed by atoms with E-state index in [2.05, 4.69) is 5.43 Å². The summed E-state index contributed by atoms with van der Waals surface area (Å²) in [4.78, 5) is 26.5. The lowest BCUT2D eigenvalue weighted by Crippen LogP contribution is -2.49. The molecular weight excluding hydrogens is 358 g/mol. The number of nitrogens with one attached hydrogen (secondary N) is 1. The van der Waals surface area contributed by atoms with Gasteiger partial charge in [-0.05, 0) is 64.1 Å². The summed E-state index contributed by atoms with van der Waals surface area (Å²) in [6.07, 6.45) is 0.0520. The highest BCUT2D eigenvalue weighted by atomic mass is 16.5. The van der Waals surface area contributed by atoms with Gasteiger partial charge in [0, 0.05) is 30.0 Å². The molecule has 1 saturated heterocycles. The predicted octanol–water partition coefficient (Wildman–Crippen LogP) is 2.50. The van der Waals surface area contributed by atoms with Crippen molar-refractivity contribution in [2.45, 2.75) is 39.9 Å². The molecule has 3 rings (SSSR count). The SMILES string of the molecule is Cc1ccc(C)n1NC(=O)c1ccc(OCC(=O)N2C[C@H](C)O[C@@H](C)C2)cc1. The van der Waals surface area contributed by atoms with E-state index in [0.29, 0.717) is 24.4 Å². The zero-order valence-electron chi connectivity index (χ0n) is 16.8. The number of ether oxygens (including phenoxy) is 2. The molecule has 7 heteroatoms. The van der Waals surface area contributed by atoms with Crippen LogP contribution in [0.25, 0.3) is 0 Å². The van der Waals surface area contributed by atoms with E-state index < -0.39 is 0 Å². The first-order valence-corrected chi connectivity index (χ1v) is 9.46. The Morgan fingerprint density at radius 2 is 1.61 bits per heavy atom. The minimum atomic E-state index is -0.207. The first-order chi connectivity index (χ1) is 13.3. The lowest BCUT2D eigenvalue weighted by atomic mass is 10.2. The molecule has 0 aliphatic carbocycles. The van der Waals surface area contributed by atoms with Crippen LogP contribution in [-0.4, -0.2) is 53.3 Å². The van der Waals surface area contributed by atoms with E-state index in [9.17, 15) is 9.59 Å². The van der Waals surface area contributed by atoms with Crippen molar-refractivity contribution in [2.75, 3.05) is 25.1 Å². The van der Waals surface area contributed by atoms with Gasteiger partial charge in [-0.2, -0.15) is 0 Å². The average molecular weight is 385 g/mol. The second-order valence-electron chi connectivity index (χ2n) is 7.26. The monoisotopic (exact) mass is 385 g/mol. The van der Waals surface area contributed by atoms with Crippen molar-refractivity contribution in [2.24, 2.45) is 0 Å². The molecular formula is C21H27N3O4. The summed E-state index contributed by atoms with van der Waals surface area (Å²) in [5.41, 5.74) is 5.29. The van der Waals surface area contributed by atoms with Crippen LogP contribution < -0.4 is 10.2 Å². The van der Waals surface area contributed by atoms with E-state index in [1.165, 1.54) is 0 Å². The van der Waals surface area contributed by atoms with E-state index in [1.807, 2.05) is 39.8 Å². The highest BCUT2D eigenvalue weighted by Crippen LogP contribution is 2.15. The molecule has 2 amide bonds. The van der Waals surface area contributed by atoms with Crippen LogP contribution in [0.3, 0.4) is 0 Å². The van der Waals surface area contributed by atoms with Crippen molar-refractivity contribution in [3.05, 3.63) is 53.3 Å². The fourth-order valence-corrected chi connectivity index (χ4v) is 3.33. The molecule has 1 N–H and O–H groups in total. The van der Waals surface area contributed by atoms with Gasteiger partial charge in [-0.1, -0.05) is 0 Å². The fraction of sp³-hybridized carbons (Fsp3) is 0.429. The lowest BCUT2D eigenvalue weighted by Gasteiger charge is -2.35. The largest absolute Gasteiger partial charge is 0.484 e. The number of aryl methyl sites for hydroxylation is 2. The molecule has 0 radical (unpaired) electrons. The van der Waals surface area contributed by atoms with Gasteiger partial charge in [0.05, 0.1) is 12.2 Å². The zero-order valence-corrected chi connectivity index (χ0v) is 16.8. The van der Waals surface area contributed by atoms with Gasteiger partial charge >= 0.3 is 0 Å². The van der Waals surface area contributed by atoms with E-state index >= 15 is 0 Å². The fourth-order valence-electron chi connectivity index (χ4n) is 3.33. The van der Waals surface area contributed by atoms with E-state index in [1.54, 1.807) is 33.8 Å². The first kappa shape index (κ1) is 19.9. The molecule has 1 aliphatic rings. The van der Waals surface area contributed by atoms with E-state index in [-0.39, 0.29) is 30.6 Å². The minimum Gasteiger partial charge on any atom is -0.484 e. The van der Waals surface area contributed by atoms with Crippen LogP contribution in [0.15, 0.2) is 36.4 Å². The molecule has 2 atom stereocenters. The molecule has 7 nitrogen and oxygen atoms in total. The highest BCUT2D eigenvalue weighted by molar-refractivity contribution is 6.00. The Bertz CT molecular complexity index is 814. The van der Waals surface area contributed by atoms with Crippen LogP contribution in [0.4, 0.5) is 0 Å². The standard InChI is InChI=1S/C21H27N3O4/c1-14-5-6-15(2)24(14)22-21(26)18-7-9-19(10-8-18)27-13-20(25)23-11-16(3)28-17(4)12-23/h5-10,16-17H,11-13H2,1-4H3,(H,22,26)/t16-,17-/m0/s1. The third kappa shape index (κ3) is 4.72.